The third-order valence-corrected chi connectivity index (χ3v) is 6.41. The lowest BCUT2D eigenvalue weighted by molar-refractivity contribution is -0.133. The first-order chi connectivity index (χ1) is 14.6. The lowest BCUT2D eigenvalue weighted by Gasteiger charge is -2.33. The van der Waals surface area contributed by atoms with Gasteiger partial charge in [0.05, 0.1) is 26.0 Å². The van der Waals surface area contributed by atoms with Crippen LogP contribution in [0.3, 0.4) is 0 Å². The number of carbonyl (C=O) groups excluding carboxylic acids is 2. The smallest absolute Gasteiger partial charge is 0.325 e. The lowest BCUT2D eigenvalue weighted by Crippen LogP contribution is -2.47. The Bertz CT molecular complexity index is 1130. The highest BCUT2D eigenvalue weighted by molar-refractivity contribution is 7.13. The number of fused-ring (bicyclic) bond motifs is 2. The van der Waals surface area contributed by atoms with Crippen LogP contribution in [0.2, 0.25) is 0 Å². The maximum Gasteiger partial charge on any atom is 0.325 e. The minimum absolute atomic E-state index is 0.127. The van der Waals surface area contributed by atoms with Crippen molar-refractivity contribution in [1.29, 1.82) is 0 Å². The third kappa shape index (κ3) is 2.91. The number of imide groups is 1. The third-order valence-electron chi connectivity index (χ3n) is 5.47. The van der Waals surface area contributed by atoms with Crippen LogP contribution in [0.5, 0.6) is 11.5 Å². The number of urea groups is 1. The number of amides is 3. The number of benzene rings is 2. The number of nitrogens with one attached hydrogen (secondary N) is 1. The number of thiazole rings is 1. The van der Waals surface area contributed by atoms with E-state index in [-0.39, 0.29) is 12.5 Å². The zero-order valence-electron chi connectivity index (χ0n) is 16.3. The predicted octanol–water partition coefficient (Wildman–Crippen LogP) is 3.55. The molecule has 30 heavy (non-hydrogen) atoms. The van der Waals surface area contributed by atoms with E-state index in [0.717, 1.165) is 16.3 Å². The summed E-state index contributed by atoms with van der Waals surface area (Å²) in [5.41, 5.74) is 1.26. The van der Waals surface area contributed by atoms with Gasteiger partial charge in [-0.05, 0) is 30.3 Å². The van der Waals surface area contributed by atoms with Gasteiger partial charge in [0.15, 0.2) is 5.54 Å². The number of aromatic nitrogens is 1. The molecule has 0 aliphatic carbocycles. The summed E-state index contributed by atoms with van der Waals surface area (Å²) in [4.78, 5) is 32.0. The molecule has 2 aromatic carbocycles. The van der Waals surface area contributed by atoms with E-state index in [1.165, 1.54) is 16.2 Å². The average molecular weight is 421 g/mol. The van der Waals surface area contributed by atoms with Crippen molar-refractivity contribution in [3.8, 4) is 22.1 Å². The average Bonchev–Trinajstić information content (AvgIpc) is 3.34. The maximum absolute atomic E-state index is 13.4. The minimum Gasteiger partial charge on any atom is -0.497 e. The van der Waals surface area contributed by atoms with Gasteiger partial charge in [0.1, 0.15) is 16.5 Å². The monoisotopic (exact) mass is 421 g/mol. The summed E-state index contributed by atoms with van der Waals surface area (Å²) in [6, 6.07) is 14.6. The van der Waals surface area contributed by atoms with Crippen LogP contribution in [0.1, 0.15) is 17.7 Å². The second kappa shape index (κ2) is 7.14. The van der Waals surface area contributed by atoms with Crippen LogP contribution in [0.25, 0.3) is 10.6 Å². The van der Waals surface area contributed by atoms with E-state index in [1.807, 2.05) is 53.9 Å². The second-order valence-electron chi connectivity index (χ2n) is 7.19. The van der Waals surface area contributed by atoms with Gasteiger partial charge in [0.2, 0.25) is 0 Å². The van der Waals surface area contributed by atoms with Gasteiger partial charge in [-0.3, -0.25) is 9.69 Å². The van der Waals surface area contributed by atoms with Crippen molar-refractivity contribution in [2.45, 2.75) is 18.5 Å². The molecule has 1 saturated heterocycles. The Balaban J connectivity index is 1.40. The van der Waals surface area contributed by atoms with Crippen LogP contribution < -0.4 is 14.8 Å². The van der Waals surface area contributed by atoms with Gasteiger partial charge in [-0.2, -0.15) is 0 Å². The van der Waals surface area contributed by atoms with Crippen LogP contribution in [-0.4, -0.2) is 35.5 Å². The molecule has 1 N–H and O–H groups in total. The summed E-state index contributed by atoms with van der Waals surface area (Å²) in [5, 5.41) is 5.62. The molecule has 1 unspecified atom stereocenters. The molecule has 152 valence electrons. The normalized spacial score (nSPS) is 20.1. The Morgan fingerprint density at radius 3 is 2.80 bits per heavy atom. The highest BCUT2D eigenvalue weighted by Crippen LogP contribution is 2.41. The Hall–Kier alpha value is -3.39. The van der Waals surface area contributed by atoms with E-state index in [0.29, 0.717) is 30.0 Å². The molecule has 1 atom stereocenters. The summed E-state index contributed by atoms with van der Waals surface area (Å²) >= 11 is 1.48. The van der Waals surface area contributed by atoms with Gasteiger partial charge in [-0.1, -0.05) is 18.2 Å². The molecule has 2 aliphatic heterocycles. The standard InChI is InChI=1S/C22H19N3O4S/c1-28-16-8-6-14(7-9-16)19-23-15(13-30-19)12-25-20(26)22(24-21(25)27)10-11-29-18-5-3-2-4-17(18)22/h2-9,13H,10-12H2,1H3,(H,24,27). The number of para-hydroxylation sites is 1. The zero-order chi connectivity index (χ0) is 20.7. The van der Waals surface area contributed by atoms with E-state index >= 15 is 0 Å². The first-order valence-electron chi connectivity index (χ1n) is 9.56. The number of carbonyl (C=O) groups is 2. The summed E-state index contributed by atoms with van der Waals surface area (Å²) in [7, 11) is 1.62. The van der Waals surface area contributed by atoms with Crippen molar-refractivity contribution >= 4 is 23.3 Å². The van der Waals surface area contributed by atoms with E-state index in [2.05, 4.69) is 10.3 Å². The van der Waals surface area contributed by atoms with Gasteiger partial charge in [-0.15, -0.1) is 11.3 Å². The van der Waals surface area contributed by atoms with E-state index in [4.69, 9.17) is 9.47 Å². The zero-order valence-corrected chi connectivity index (χ0v) is 17.1. The van der Waals surface area contributed by atoms with Crippen LogP contribution in [-0.2, 0) is 16.9 Å². The fourth-order valence-electron chi connectivity index (χ4n) is 3.92. The van der Waals surface area contributed by atoms with E-state index in [9.17, 15) is 9.59 Å². The fraction of sp³-hybridized carbons (Fsp3) is 0.227. The van der Waals surface area contributed by atoms with Crippen molar-refractivity contribution in [1.82, 2.24) is 15.2 Å². The fourth-order valence-corrected chi connectivity index (χ4v) is 4.74. The topological polar surface area (TPSA) is 80.8 Å². The minimum atomic E-state index is -1.07. The summed E-state index contributed by atoms with van der Waals surface area (Å²) in [5.74, 6) is 1.15. The molecule has 3 amide bonds. The SMILES string of the molecule is COc1ccc(-c2nc(CN3C(=O)NC4(CCOc5ccccc54)C3=O)cs2)cc1. The number of nitrogens with zero attached hydrogens (tertiary/aromatic N) is 2. The molecule has 1 spiro atoms. The van der Waals surface area contributed by atoms with Crippen molar-refractivity contribution in [3.63, 3.8) is 0 Å². The molecule has 1 aromatic heterocycles. The maximum atomic E-state index is 13.4. The number of hydrogen-bond acceptors (Lipinski definition) is 6. The Kier molecular flexibility index (Phi) is 4.43. The Morgan fingerprint density at radius 2 is 2.00 bits per heavy atom. The molecular weight excluding hydrogens is 402 g/mol. The van der Waals surface area contributed by atoms with E-state index in [1.54, 1.807) is 7.11 Å². The number of methoxy groups -OCH3 is 1. The Labute approximate surface area is 177 Å². The molecule has 2 aliphatic rings. The van der Waals surface area contributed by atoms with Crippen LogP contribution in [0.4, 0.5) is 4.79 Å². The molecule has 3 aromatic rings. The van der Waals surface area contributed by atoms with Crippen molar-refractivity contribution < 1.29 is 19.1 Å². The van der Waals surface area contributed by atoms with Crippen molar-refractivity contribution in [2.75, 3.05) is 13.7 Å². The highest BCUT2D eigenvalue weighted by atomic mass is 32.1. The van der Waals surface area contributed by atoms with Crippen LogP contribution >= 0.6 is 11.3 Å². The number of hydrogen-bond donors (Lipinski definition) is 1. The van der Waals surface area contributed by atoms with E-state index < -0.39 is 11.6 Å². The van der Waals surface area contributed by atoms with Gasteiger partial charge >= 0.3 is 6.03 Å². The quantitative estimate of drug-likeness (QED) is 0.652. The Morgan fingerprint density at radius 1 is 1.20 bits per heavy atom. The molecule has 0 saturated carbocycles. The second-order valence-corrected chi connectivity index (χ2v) is 8.05. The summed E-state index contributed by atoms with van der Waals surface area (Å²) < 4.78 is 10.9. The molecule has 5 rings (SSSR count). The molecule has 0 radical (unpaired) electrons. The van der Waals surface area contributed by atoms with Crippen LogP contribution in [0.15, 0.2) is 53.9 Å². The first-order valence-corrected chi connectivity index (χ1v) is 10.4. The van der Waals surface area contributed by atoms with Gasteiger partial charge < -0.3 is 14.8 Å². The van der Waals surface area contributed by atoms with Gasteiger partial charge in [0, 0.05) is 22.9 Å². The first kappa shape index (κ1) is 18.6. The molecule has 1 fully saturated rings. The molecule has 8 heteroatoms. The van der Waals surface area contributed by atoms with Crippen molar-refractivity contribution in [2.24, 2.45) is 0 Å². The van der Waals surface area contributed by atoms with Gasteiger partial charge in [-0.25, -0.2) is 9.78 Å². The van der Waals surface area contributed by atoms with Crippen LogP contribution in [0, 0.1) is 0 Å². The largest absolute Gasteiger partial charge is 0.497 e. The number of ether oxygens (including phenoxy) is 2. The molecule has 7 nitrogen and oxygen atoms in total. The predicted molar refractivity (Wildman–Crippen MR) is 111 cm³/mol. The molecule has 0 bridgehead atoms. The highest BCUT2D eigenvalue weighted by Gasteiger charge is 2.54. The summed E-state index contributed by atoms with van der Waals surface area (Å²) in [6.07, 6.45) is 0.402. The molecular formula is C22H19N3O4S. The lowest BCUT2D eigenvalue weighted by atomic mass is 9.84. The van der Waals surface area contributed by atoms with Gasteiger partial charge in [0.25, 0.3) is 5.91 Å². The number of rotatable bonds is 4. The summed E-state index contributed by atoms with van der Waals surface area (Å²) in [6.45, 7) is 0.497. The molecule has 3 heterocycles. The van der Waals surface area contributed by atoms with Crippen molar-refractivity contribution in [3.05, 3.63) is 65.2 Å².